The van der Waals surface area contributed by atoms with Crippen LogP contribution in [0, 0.1) is 0 Å². The number of piperidine rings is 1. The van der Waals surface area contributed by atoms with E-state index in [2.05, 4.69) is 10.4 Å². The largest absolute Gasteiger partial charge is 0.271 e. The summed E-state index contributed by atoms with van der Waals surface area (Å²) in [6.45, 7) is 3.67. The van der Waals surface area contributed by atoms with Crippen LogP contribution in [0.25, 0.3) is 0 Å². The minimum absolute atomic E-state index is 0.729. The molecule has 5 nitrogen and oxygen atoms in total. The van der Waals surface area contributed by atoms with E-state index in [1.165, 1.54) is 19.3 Å². The first-order chi connectivity index (χ1) is 5.84. The number of rotatable bonds is 4. The highest BCUT2D eigenvalue weighted by molar-refractivity contribution is 4.61. The smallest absolute Gasteiger partial charge is 0.0427 e. The van der Waals surface area contributed by atoms with Crippen LogP contribution >= 0.6 is 0 Å². The summed E-state index contributed by atoms with van der Waals surface area (Å²) in [6.07, 6.45) is 3.84. The average molecular weight is 173 g/mol. The number of hydrogen-bond donors (Lipinski definition) is 3. The zero-order valence-corrected chi connectivity index (χ0v) is 7.50. The van der Waals surface area contributed by atoms with E-state index in [4.69, 9.17) is 11.7 Å². The van der Waals surface area contributed by atoms with E-state index in [1.807, 2.05) is 0 Å². The van der Waals surface area contributed by atoms with Gasteiger partial charge in [0.15, 0.2) is 0 Å². The van der Waals surface area contributed by atoms with E-state index >= 15 is 0 Å². The van der Waals surface area contributed by atoms with Gasteiger partial charge in [0.1, 0.15) is 0 Å². The van der Waals surface area contributed by atoms with Crippen LogP contribution in [0.15, 0.2) is 0 Å². The van der Waals surface area contributed by atoms with Crippen molar-refractivity contribution in [2.24, 2.45) is 11.7 Å². The number of nitrogens with one attached hydrogen (secondary N) is 1. The normalized spacial score (nSPS) is 20.2. The van der Waals surface area contributed by atoms with Gasteiger partial charge in [0.05, 0.1) is 0 Å². The molecule has 0 aromatic heterocycles. The van der Waals surface area contributed by atoms with Crippen molar-refractivity contribution in [3.63, 3.8) is 0 Å². The molecule has 12 heavy (non-hydrogen) atoms. The summed E-state index contributed by atoms with van der Waals surface area (Å²) < 4.78 is 0. The van der Waals surface area contributed by atoms with Gasteiger partial charge in [-0.05, 0) is 12.8 Å². The predicted molar refractivity (Wildman–Crippen MR) is 48.5 cm³/mol. The molecule has 1 aliphatic heterocycles. The molecule has 0 spiro atoms. The first kappa shape index (κ1) is 9.88. The van der Waals surface area contributed by atoms with E-state index in [-0.39, 0.29) is 0 Å². The molecule has 0 unspecified atom stereocenters. The minimum Gasteiger partial charge on any atom is -0.271 e. The lowest BCUT2D eigenvalue weighted by atomic mass is 10.2. The van der Waals surface area contributed by atoms with Crippen molar-refractivity contribution in [3.05, 3.63) is 0 Å². The Labute approximate surface area is 73.6 Å². The topological polar surface area (TPSA) is 70.5 Å². The third kappa shape index (κ3) is 3.04. The van der Waals surface area contributed by atoms with Gasteiger partial charge in [0, 0.05) is 26.2 Å². The van der Waals surface area contributed by atoms with Crippen LogP contribution in [-0.2, 0) is 0 Å². The molecule has 1 heterocycles. The first-order valence-electron chi connectivity index (χ1n) is 4.55. The second-order valence-corrected chi connectivity index (χ2v) is 3.13. The van der Waals surface area contributed by atoms with E-state index in [0.717, 1.165) is 26.2 Å². The minimum atomic E-state index is 0.729. The molecule has 1 fully saturated rings. The number of nitrogens with zero attached hydrogens (tertiary/aromatic N) is 2. The van der Waals surface area contributed by atoms with Crippen molar-refractivity contribution in [1.29, 1.82) is 0 Å². The van der Waals surface area contributed by atoms with Crippen LogP contribution in [0.3, 0.4) is 0 Å². The fourth-order valence-electron chi connectivity index (χ4n) is 1.45. The molecule has 1 rings (SSSR count). The number of nitrogens with two attached hydrogens (primary N) is 2. The second kappa shape index (κ2) is 5.45. The van der Waals surface area contributed by atoms with E-state index < -0.39 is 0 Å². The highest BCUT2D eigenvalue weighted by Gasteiger charge is 2.13. The Morgan fingerprint density at radius 2 is 1.92 bits per heavy atom. The first-order valence-corrected chi connectivity index (χ1v) is 4.55. The predicted octanol–water partition coefficient (Wildman–Crippen LogP) is -0.974. The van der Waals surface area contributed by atoms with Crippen LogP contribution in [0.5, 0.6) is 0 Å². The summed E-state index contributed by atoms with van der Waals surface area (Å²) in [4.78, 5) is 0. The molecule has 0 atom stereocenters. The van der Waals surface area contributed by atoms with Gasteiger partial charge in [-0.3, -0.25) is 17.1 Å². The zero-order valence-electron chi connectivity index (χ0n) is 7.50. The molecule has 0 bridgehead atoms. The lowest BCUT2D eigenvalue weighted by Crippen LogP contribution is -2.52. The van der Waals surface area contributed by atoms with E-state index in [0.29, 0.717) is 0 Å². The van der Waals surface area contributed by atoms with Crippen molar-refractivity contribution < 1.29 is 0 Å². The Morgan fingerprint density at radius 3 is 2.50 bits per heavy atom. The lowest BCUT2D eigenvalue weighted by molar-refractivity contribution is -0.0397. The van der Waals surface area contributed by atoms with Gasteiger partial charge in [-0.2, -0.15) is 5.12 Å². The Hall–Kier alpha value is -0.200. The highest BCUT2D eigenvalue weighted by atomic mass is 15.7. The molecule has 0 amide bonds. The quantitative estimate of drug-likeness (QED) is 0.377. The molecule has 0 saturated carbocycles. The van der Waals surface area contributed by atoms with Crippen LogP contribution < -0.4 is 17.1 Å². The van der Waals surface area contributed by atoms with Crippen molar-refractivity contribution in [1.82, 2.24) is 15.6 Å². The molecule has 5 heteroatoms. The number of hydrogen-bond acceptors (Lipinski definition) is 5. The summed E-state index contributed by atoms with van der Waals surface area (Å²) in [5.41, 5.74) is 2.59. The molecule has 1 saturated heterocycles. The molecular weight excluding hydrogens is 154 g/mol. The van der Waals surface area contributed by atoms with Crippen molar-refractivity contribution >= 4 is 0 Å². The molecule has 0 aliphatic carbocycles. The Bertz CT molecular complexity index is 112. The summed E-state index contributed by atoms with van der Waals surface area (Å²) >= 11 is 0. The molecular formula is C7H19N5. The van der Waals surface area contributed by atoms with Gasteiger partial charge >= 0.3 is 0 Å². The van der Waals surface area contributed by atoms with Crippen molar-refractivity contribution in [3.8, 4) is 0 Å². The summed E-state index contributed by atoms with van der Waals surface area (Å²) in [7, 11) is 0. The molecule has 1 aliphatic rings. The summed E-state index contributed by atoms with van der Waals surface area (Å²) in [5, 5.41) is 3.94. The lowest BCUT2D eigenvalue weighted by Gasteiger charge is -2.33. The summed E-state index contributed by atoms with van der Waals surface area (Å²) in [5.74, 6) is 11.0. The van der Waals surface area contributed by atoms with Crippen LogP contribution in [0.1, 0.15) is 19.3 Å². The van der Waals surface area contributed by atoms with Gasteiger partial charge in [-0.25, -0.2) is 5.01 Å². The van der Waals surface area contributed by atoms with Crippen LogP contribution in [0.4, 0.5) is 0 Å². The van der Waals surface area contributed by atoms with Crippen LogP contribution in [-0.4, -0.2) is 36.3 Å². The fraction of sp³-hybridized carbons (Fsp3) is 1.00. The van der Waals surface area contributed by atoms with Gasteiger partial charge in [0.2, 0.25) is 0 Å². The number of hydrazine groups is 3. The van der Waals surface area contributed by atoms with Gasteiger partial charge in [-0.15, -0.1) is 0 Å². The average Bonchev–Trinajstić information content (AvgIpc) is 2.15. The third-order valence-corrected chi connectivity index (χ3v) is 2.18. The van der Waals surface area contributed by atoms with Gasteiger partial charge < -0.3 is 0 Å². The monoisotopic (exact) mass is 173 g/mol. The molecule has 0 aromatic rings. The maximum absolute atomic E-state index is 5.80. The zero-order chi connectivity index (χ0) is 8.81. The van der Waals surface area contributed by atoms with Crippen LogP contribution in [0.2, 0.25) is 0 Å². The molecule has 0 aromatic carbocycles. The van der Waals surface area contributed by atoms with Crippen molar-refractivity contribution in [2.45, 2.75) is 19.3 Å². The molecule has 5 N–H and O–H groups in total. The SMILES string of the molecule is NNCCN(N)N1CCCCC1. The second-order valence-electron chi connectivity index (χ2n) is 3.13. The fourth-order valence-corrected chi connectivity index (χ4v) is 1.45. The Morgan fingerprint density at radius 1 is 1.25 bits per heavy atom. The van der Waals surface area contributed by atoms with Gasteiger partial charge in [-0.1, -0.05) is 6.42 Å². The van der Waals surface area contributed by atoms with E-state index in [1.54, 1.807) is 5.12 Å². The Balaban J connectivity index is 2.15. The van der Waals surface area contributed by atoms with Gasteiger partial charge in [0.25, 0.3) is 0 Å². The molecule has 72 valence electrons. The maximum atomic E-state index is 5.80. The Kier molecular flexibility index (Phi) is 4.49. The molecule has 0 radical (unpaired) electrons. The van der Waals surface area contributed by atoms with E-state index in [9.17, 15) is 0 Å². The van der Waals surface area contributed by atoms with Crippen molar-refractivity contribution in [2.75, 3.05) is 26.2 Å². The standard InChI is InChI=1S/C7H19N5/c8-10-4-7-12(9)11-5-2-1-3-6-11/h10H,1-9H2. The highest BCUT2D eigenvalue weighted by Crippen LogP contribution is 2.08. The maximum Gasteiger partial charge on any atom is 0.0427 e. The summed E-state index contributed by atoms with van der Waals surface area (Å²) in [6, 6.07) is 0. The third-order valence-electron chi connectivity index (χ3n) is 2.18.